The molecule has 4 saturated heterocycles. The summed E-state index contributed by atoms with van der Waals surface area (Å²) in [6.45, 7) is 0.296. The second-order valence-corrected chi connectivity index (χ2v) is 14.0. The zero-order chi connectivity index (χ0) is 42.0. The fourth-order valence-corrected chi connectivity index (χ4v) is 6.99. The van der Waals surface area contributed by atoms with Crippen molar-refractivity contribution >= 4 is 17.8 Å². The zero-order valence-electron chi connectivity index (χ0n) is 30.3. The summed E-state index contributed by atoms with van der Waals surface area (Å²) in [5.74, 6) is -6.72. The van der Waals surface area contributed by atoms with Crippen LogP contribution in [0.25, 0.3) is 0 Å². The van der Waals surface area contributed by atoms with Crippen LogP contribution in [-0.4, -0.2) is 232 Å². The summed E-state index contributed by atoms with van der Waals surface area (Å²) in [5, 5.41) is 142. The highest BCUT2D eigenvalue weighted by Gasteiger charge is 2.60. The maximum absolute atomic E-state index is 12.9. The molecule has 0 radical (unpaired) electrons. The molecule has 4 aliphatic heterocycles. The van der Waals surface area contributed by atoms with Gasteiger partial charge >= 0.3 is 5.97 Å². The molecule has 0 spiro atoms. The lowest BCUT2D eigenvalue weighted by Crippen LogP contribution is -2.71. The van der Waals surface area contributed by atoms with Crippen LogP contribution < -0.4 is 10.6 Å². The fourth-order valence-electron chi connectivity index (χ4n) is 6.99. The van der Waals surface area contributed by atoms with Crippen molar-refractivity contribution in [2.24, 2.45) is 0 Å². The first-order chi connectivity index (χ1) is 26.2. The third-order valence-corrected chi connectivity index (χ3v) is 9.94. The largest absolute Gasteiger partial charge is 0.477 e. The molecule has 324 valence electrons. The topological polar surface area (TPSA) is 403 Å². The molecule has 15 N–H and O–H groups in total. The Hall–Kier alpha value is -2.35. The van der Waals surface area contributed by atoms with Crippen LogP contribution in [-0.2, 0) is 47.5 Å². The van der Waals surface area contributed by atoms with E-state index in [2.05, 4.69) is 10.6 Å². The Morgan fingerprint density at radius 2 is 1.30 bits per heavy atom. The van der Waals surface area contributed by atoms with Crippen LogP contribution in [0.2, 0.25) is 0 Å². The van der Waals surface area contributed by atoms with E-state index in [0.29, 0.717) is 0 Å². The van der Waals surface area contributed by atoms with Crippen LogP contribution in [0, 0.1) is 0 Å². The number of hydrogen-bond donors (Lipinski definition) is 15. The molecule has 0 bridgehead atoms. The molecule has 21 atom stereocenters. The molecule has 56 heavy (non-hydrogen) atoms. The molecule has 4 heterocycles. The van der Waals surface area contributed by atoms with Crippen molar-refractivity contribution in [1.29, 1.82) is 0 Å². The van der Waals surface area contributed by atoms with Crippen molar-refractivity contribution in [3.63, 3.8) is 0 Å². The molecule has 0 aromatic heterocycles. The van der Waals surface area contributed by atoms with Crippen LogP contribution in [0.4, 0.5) is 0 Å². The van der Waals surface area contributed by atoms with Gasteiger partial charge in [0.25, 0.3) is 5.79 Å². The quantitative estimate of drug-likeness (QED) is 0.0773. The van der Waals surface area contributed by atoms with Crippen molar-refractivity contribution in [1.82, 2.24) is 10.6 Å². The molecule has 4 aliphatic rings. The molecule has 0 aliphatic carbocycles. The summed E-state index contributed by atoms with van der Waals surface area (Å²) in [6, 6.07) is -3.27. The molecule has 4 fully saturated rings. The minimum atomic E-state index is -3.12. The van der Waals surface area contributed by atoms with Gasteiger partial charge in [-0.3, -0.25) is 9.59 Å². The Morgan fingerprint density at radius 1 is 0.732 bits per heavy atom. The minimum absolute atomic E-state index is 0.785. The summed E-state index contributed by atoms with van der Waals surface area (Å²) < 4.78 is 39.7. The number of amides is 2. The minimum Gasteiger partial charge on any atom is -0.477 e. The number of hydrogen-bond acceptors (Lipinski definition) is 22. The van der Waals surface area contributed by atoms with Gasteiger partial charge in [-0.05, 0) is 6.92 Å². The van der Waals surface area contributed by atoms with E-state index in [1.165, 1.54) is 6.92 Å². The monoisotopic (exact) mass is 820 g/mol. The van der Waals surface area contributed by atoms with Gasteiger partial charge in [0.2, 0.25) is 11.8 Å². The normalized spacial score (nSPS) is 45.7. The van der Waals surface area contributed by atoms with Crippen molar-refractivity contribution in [3.8, 4) is 0 Å². The summed E-state index contributed by atoms with van der Waals surface area (Å²) in [6.07, 6.45) is -35.2. The van der Waals surface area contributed by atoms with Gasteiger partial charge in [0, 0.05) is 20.3 Å². The number of ether oxygens (including phenoxy) is 7. The third kappa shape index (κ3) is 9.74. The van der Waals surface area contributed by atoms with Gasteiger partial charge in [-0.1, -0.05) is 0 Å². The third-order valence-electron chi connectivity index (χ3n) is 9.94. The number of aliphatic carboxylic acids is 1. The Morgan fingerprint density at radius 3 is 1.86 bits per heavy atom. The fraction of sp³-hybridized carbons (Fsp3) is 0.903. The molecule has 0 aromatic carbocycles. The van der Waals surface area contributed by atoms with E-state index >= 15 is 0 Å². The second kappa shape index (κ2) is 19.1. The molecule has 0 unspecified atom stereocenters. The lowest BCUT2D eigenvalue weighted by atomic mass is 9.88. The molecule has 2 amide bonds. The van der Waals surface area contributed by atoms with Crippen LogP contribution in [0.1, 0.15) is 27.2 Å². The van der Waals surface area contributed by atoms with E-state index in [4.69, 9.17) is 33.2 Å². The molecule has 4 rings (SSSR count). The number of carbonyl (C=O) groups is 3. The molecule has 25 heteroatoms. The molecular weight excluding hydrogens is 768 g/mol. The first-order valence-corrected chi connectivity index (χ1v) is 17.6. The zero-order valence-corrected chi connectivity index (χ0v) is 30.3. The Kier molecular flexibility index (Phi) is 15.8. The number of aliphatic hydroxyl groups is 12. The van der Waals surface area contributed by atoms with Gasteiger partial charge in [0.1, 0.15) is 85.4 Å². The van der Waals surface area contributed by atoms with E-state index in [-0.39, 0.29) is 0 Å². The second-order valence-electron chi connectivity index (χ2n) is 14.0. The standard InChI is InChI=1S/C31H52N2O23/c1-8-17(41)20(44)21(45)28(50-8)53-23-14(7-36)51-27(47)16(33-10(3)38)25(23)54-29-22(46)26(19(43)13(6-35)52-29)56-31(30(48)49)4-11(39)15(32-9(2)37)24(55-31)18(42)12(40)5-34/h8,11-29,34-36,39-47H,4-7H2,1-3H3,(H,32,37)(H,33,38)(H,48,49)/t8-,11-,12+,13+,14+,15+,16+,17+,18+,19-,20+,21-,22+,23+,24+,25+,26-,27+,28-,29+,31-/m0/s1. The van der Waals surface area contributed by atoms with E-state index in [9.17, 15) is 80.8 Å². The maximum Gasteiger partial charge on any atom is 0.364 e. The molecule has 25 nitrogen and oxygen atoms in total. The van der Waals surface area contributed by atoms with Gasteiger partial charge in [0.05, 0.1) is 38.1 Å². The summed E-state index contributed by atoms with van der Waals surface area (Å²) in [7, 11) is 0. The Balaban J connectivity index is 1.72. The summed E-state index contributed by atoms with van der Waals surface area (Å²) in [5.41, 5.74) is 0. The number of carboxylic acids is 1. The van der Waals surface area contributed by atoms with Gasteiger partial charge in [0.15, 0.2) is 18.9 Å². The van der Waals surface area contributed by atoms with Crippen LogP contribution >= 0.6 is 0 Å². The molecule has 0 saturated carbocycles. The van der Waals surface area contributed by atoms with E-state index in [0.717, 1.165) is 13.8 Å². The first-order valence-electron chi connectivity index (χ1n) is 17.6. The van der Waals surface area contributed by atoms with E-state index in [1.807, 2.05) is 0 Å². The number of aliphatic hydroxyl groups excluding tert-OH is 12. The SMILES string of the molecule is CC(=O)N[C@@H]1[C@@H](O[C@H]2O[C@H](CO)[C@H](O)[C@H](O[C@]3(C(=O)O)C[C@H](O)[C@@H](NC(C)=O)[C@H]([C@H](O)[C@H](O)CO)O3)[C@H]2O)[C@H](O[C@@H]2O[C@@H](C)[C@@H](O)[C@@H](O)[C@@H]2O)[C@@H](CO)O[C@H]1O. The van der Waals surface area contributed by atoms with E-state index < -0.39 is 172 Å². The van der Waals surface area contributed by atoms with Gasteiger partial charge < -0.3 is 110 Å². The number of carboxylic acid groups (broad SMARTS) is 1. The summed E-state index contributed by atoms with van der Waals surface area (Å²) in [4.78, 5) is 37.0. The smallest absolute Gasteiger partial charge is 0.364 e. The van der Waals surface area contributed by atoms with Gasteiger partial charge in [-0.25, -0.2) is 4.79 Å². The average molecular weight is 821 g/mol. The van der Waals surface area contributed by atoms with Crippen LogP contribution in [0.15, 0.2) is 0 Å². The van der Waals surface area contributed by atoms with Crippen molar-refractivity contribution in [2.75, 3.05) is 19.8 Å². The lowest BCUT2D eigenvalue weighted by Gasteiger charge is -2.51. The van der Waals surface area contributed by atoms with Gasteiger partial charge in [-0.15, -0.1) is 0 Å². The Bertz CT molecular complexity index is 1330. The van der Waals surface area contributed by atoms with Crippen molar-refractivity contribution in [3.05, 3.63) is 0 Å². The summed E-state index contributed by atoms with van der Waals surface area (Å²) >= 11 is 0. The maximum atomic E-state index is 12.9. The highest BCUT2D eigenvalue weighted by Crippen LogP contribution is 2.39. The van der Waals surface area contributed by atoms with Crippen molar-refractivity contribution in [2.45, 2.75) is 155 Å². The predicted molar refractivity (Wildman–Crippen MR) is 173 cm³/mol. The average Bonchev–Trinajstić information content (AvgIpc) is 3.14. The highest BCUT2D eigenvalue weighted by atomic mass is 16.8. The first kappa shape index (κ1) is 46.3. The number of rotatable bonds is 14. The molecular formula is C31H52N2O23. The van der Waals surface area contributed by atoms with Gasteiger partial charge in [-0.2, -0.15) is 0 Å². The predicted octanol–water partition coefficient (Wildman–Crippen LogP) is -9.23. The molecule has 0 aromatic rings. The lowest BCUT2D eigenvalue weighted by molar-refractivity contribution is -0.389. The number of carbonyl (C=O) groups excluding carboxylic acids is 2. The Labute approximate surface area is 317 Å². The number of nitrogens with one attached hydrogen (secondary N) is 2. The van der Waals surface area contributed by atoms with Crippen LogP contribution in [0.5, 0.6) is 0 Å². The highest BCUT2D eigenvalue weighted by molar-refractivity contribution is 5.76. The van der Waals surface area contributed by atoms with Crippen LogP contribution in [0.3, 0.4) is 0 Å². The van der Waals surface area contributed by atoms with E-state index in [1.54, 1.807) is 0 Å². The van der Waals surface area contributed by atoms with Crippen molar-refractivity contribution < 1.29 is 114 Å².